The van der Waals surface area contributed by atoms with Crippen LogP contribution in [0.5, 0.6) is 11.5 Å². The number of carbonyl (C=O) groups is 8. The Labute approximate surface area is 516 Å². The molecule has 4 N–H and O–H groups in total. The number of rotatable bonds is 11. The second kappa shape index (κ2) is 30.5. The second-order valence-electron chi connectivity index (χ2n) is 23.2. The molecule has 3 saturated heterocycles. The Morgan fingerprint density at radius 1 is 0.633 bits per heavy atom. The number of carboxylic acids is 3. The van der Waals surface area contributed by atoms with E-state index in [-0.39, 0.29) is 228 Å². The van der Waals surface area contributed by atoms with E-state index < -0.39 is 52.9 Å². The molecule has 0 unspecified atom stereocenters. The number of morpholine rings is 1. The summed E-state index contributed by atoms with van der Waals surface area (Å²) in [5, 5.41) is 36.4. The summed E-state index contributed by atoms with van der Waals surface area (Å²) in [4.78, 5) is 132. The van der Waals surface area contributed by atoms with Gasteiger partial charge in [-0.15, -0.1) is 0 Å². The van der Waals surface area contributed by atoms with Gasteiger partial charge >= 0.3 is 23.9 Å². The molecule has 5 aliphatic rings. The lowest BCUT2D eigenvalue weighted by Gasteiger charge is -2.41. The van der Waals surface area contributed by atoms with E-state index in [0.29, 0.717) is 35.6 Å². The van der Waals surface area contributed by atoms with Crippen molar-refractivity contribution in [2.75, 3.05) is 150 Å². The highest BCUT2D eigenvalue weighted by Gasteiger charge is 2.40. The average Bonchev–Trinajstić information content (AvgIpc) is 1.53. The van der Waals surface area contributed by atoms with Crippen molar-refractivity contribution in [3.63, 3.8) is 0 Å². The minimum atomic E-state index is -1.07. The summed E-state index contributed by atoms with van der Waals surface area (Å²) in [5.74, 6) is -7.20. The second-order valence-corrected chi connectivity index (χ2v) is 23.2. The molecule has 2 aromatic carbocycles. The van der Waals surface area contributed by atoms with Crippen molar-refractivity contribution < 1.29 is 91.2 Å². The molecule has 4 amide bonds. The number of fused-ring (bicyclic) bond motifs is 7. The first-order valence-corrected chi connectivity index (χ1v) is 29.9. The Bertz CT molecular complexity index is 3240. The molecule has 90 heavy (non-hydrogen) atoms. The number of piperidine rings is 1. The summed E-state index contributed by atoms with van der Waals surface area (Å²) in [6.45, 7) is 6.19. The number of benzene rings is 2. The highest BCUT2D eigenvalue weighted by atomic mass is 19.1. The zero-order valence-corrected chi connectivity index (χ0v) is 50.3. The number of aromatic nitrogens is 3. The van der Waals surface area contributed by atoms with Crippen molar-refractivity contribution >= 4 is 53.2 Å². The Morgan fingerprint density at radius 2 is 1.23 bits per heavy atom. The van der Waals surface area contributed by atoms with Gasteiger partial charge in [0, 0.05) is 138 Å². The Hall–Kier alpha value is -8.26. The molecule has 28 nitrogen and oxygen atoms in total. The van der Waals surface area contributed by atoms with E-state index in [9.17, 15) is 53.7 Å². The fourth-order valence-corrected chi connectivity index (χ4v) is 11.6. The maximum atomic E-state index is 15.0. The van der Waals surface area contributed by atoms with Gasteiger partial charge in [0.05, 0.1) is 101 Å². The number of nitrogens with one attached hydrogen (secondary N) is 1. The fraction of sp³-hybridized carbons (Fsp3) is 0.533. The van der Waals surface area contributed by atoms with Gasteiger partial charge in [-0.2, -0.15) is 5.10 Å². The molecule has 0 aliphatic carbocycles. The van der Waals surface area contributed by atoms with Crippen molar-refractivity contribution in [1.29, 1.82) is 0 Å². The van der Waals surface area contributed by atoms with E-state index >= 15 is 8.78 Å². The number of anilines is 1. The van der Waals surface area contributed by atoms with Crippen LogP contribution in [-0.4, -0.2) is 268 Å². The first-order chi connectivity index (χ1) is 43.2. The summed E-state index contributed by atoms with van der Waals surface area (Å²) in [6, 6.07) is 7.13. The van der Waals surface area contributed by atoms with Gasteiger partial charge in [0.2, 0.25) is 17.7 Å². The molecular weight excluding hydrogens is 1180 g/mol. The van der Waals surface area contributed by atoms with E-state index in [2.05, 4.69) is 10.3 Å². The summed E-state index contributed by atoms with van der Waals surface area (Å²) < 4.78 is 54.8. The van der Waals surface area contributed by atoms with Crippen LogP contribution in [0.25, 0.3) is 28.1 Å². The zero-order valence-electron chi connectivity index (χ0n) is 50.3. The molecule has 0 spiro atoms. The molecule has 7 heterocycles. The number of hydrogen-bond acceptors (Lipinski definition) is 20. The third-order valence-corrected chi connectivity index (χ3v) is 16.2. The van der Waals surface area contributed by atoms with E-state index in [1.165, 1.54) is 23.1 Å². The van der Waals surface area contributed by atoms with Gasteiger partial charge in [0.1, 0.15) is 24.0 Å². The van der Waals surface area contributed by atoms with Crippen molar-refractivity contribution in [3.8, 4) is 39.6 Å². The standard InChI is InChI=1S/C60H75F2N11O17/c1-60(2)38-87-22-19-72(60)59(84)57-47-37-88-48-30-49-45(29-46(48)58(47)73(65-57)44-27-40(61)26-41(62)28-44)39-25-42(32-63-31-39)64-50(74)3-4-51(75)71(18-21-86-24-23-85-20-7-56(83)90-89-49)43-5-8-70(9-6-43)52(76)33-66-10-12-67(34-53(77)78)14-16-69(36-55(81)82)17-15-68(13-11-66)35-54(79)80/h25-32,43H,3-24,33-38H2,1-2H3,(H,64,74)(H,77,78)(H,79,80)(H,81,82). The van der Waals surface area contributed by atoms with Gasteiger partial charge in [-0.3, -0.25) is 67.9 Å². The van der Waals surface area contributed by atoms with Crippen LogP contribution in [0, 0.1) is 11.6 Å². The van der Waals surface area contributed by atoms with Crippen LogP contribution in [0.3, 0.4) is 0 Å². The van der Waals surface area contributed by atoms with E-state index in [4.69, 9.17) is 33.8 Å². The van der Waals surface area contributed by atoms with Gasteiger partial charge in [0.25, 0.3) is 5.91 Å². The molecule has 4 aromatic rings. The Morgan fingerprint density at radius 3 is 1.84 bits per heavy atom. The number of carboxylic acid groups (broad SMARTS) is 3. The van der Waals surface area contributed by atoms with E-state index in [1.807, 2.05) is 18.7 Å². The number of likely N-dealkylation sites (tertiary alicyclic amines) is 1. The molecule has 0 saturated carbocycles. The quantitative estimate of drug-likeness (QED) is 0.157. The summed E-state index contributed by atoms with van der Waals surface area (Å²) in [7, 11) is 0. The van der Waals surface area contributed by atoms with Crippen molar-refractivity contribution in [3.05, 3.63) is 71.7 Å². The molecule has 30 heteroatoms. The highest BCUT2D eigenvalue weighted by Crippen LogP contribution is 2.47. The normalized spacial score (nSPS) is 19.8. The summed E-state index contributed by atoms with van der Waals surface area (Å²) >= 11 is 0. The van der Waals surface area contributed by atoms with E-state index in [1.54, 1.807) is 41.5 Å². The molecule has 486 valence electrons. The molecule has 2 bridgehead atoms. The maximum Gasteiger partial charge on any atom is 0.357 e. The van der Waals surface area contributed by atoms with Crippen molar-refractivity contribution in [2.45, 2.75) is 64.1 Å². The van der Waals surface area contributed by atoms with Gasteiger partial charge in [-0.05, 0) is 51.0 Å². The summed E-state index contributed by atoms with van der Waals surface area (Å²) in [5.41, 5.74) is 0.833. The van der Waals surface area contributed by atoms with Gasteiger partial charge in [0.15, 0.2) is 11.4 Å². The smallest absolute Gasteiger partial charge is 0.357 e. The van der Waals surface area contributed by atoms with Gasteiger partial charge in [-0.25, -0.2) is 18.3 Å². The largest absolute Gasteiger partial charge is 0.488 e. The SMILES string of the molecule is CC1(C)COCCN1C(=O)c1nn(-c2cc(F)cc(F)c2)c2c1COc1cc3c(cc1-2)-c1cncc(c1)NC(=O)CCC(=O)N(C1CCN(C(=O)CN2CCN(CC(=O)O)CCN(CC(=O)O)CCN(CC(=O)O)CC2)CC1)CCOCCOCCC(=O)OO3. The average molecular weight is 1260 g/mol. The van der Waals surface area contributed by atoms with Crippen LogP contribution in [0.4, 0.5) is 14.5 Å². The Balaban J connectivity index is 0.910. The third-order valence-electron chi connectivity index (χ3n) is 16.2. The van der Waals surface area contributed by atoms with Crippen molar-refractivity contribution in [2.24, 2.45) is 0 Å². The molecule has 0 atom stereocenters. The van der Waals surface area contributed by atoms with Crippen LogP contribution in [0.1, 0.15) is 62.0 Å². The van der Waals surface area contributed by atoms with Crippen molar-refractivity contribution in [1.82, 2.24) is 49.1 Å². The molecule has 9 rings (SSSR count). The maximum absolute atomic E-state index is 15.0. The third kappa shape index (κ3) is 17.6. The van der Waals surface area contributed by atoms with Crippen LogP contribution in [0.2, 0.25) is 0 Å². The highest BCUT2D eigenvalue weighted by molar-refractivity contribution is 5.98. The minimum absolute atomic E-state index is 0.0216. The predicted molar refractivity (Wildman–Crippen MR) is 313 cm³/mol. The van der Waals surface area contributed by atoms with Crippen LogP contribution in [-0.2, 0) is 59.3 Å². The minimum Gasteiger partial charge on any atom is -0.488 e. The molecule has 2 aromatic heterocycles. The predicted octanol–water partition coefficient (Wildman–Crippen LogP) is 2.31. The lowest BCUT2D eigenvalue weighted by atomic mass is 9.95. The molecule has 3 fully saturated rings. The monoisotopic (exact) mass is 1260 g/mol. The number of aliphatic carboxylic acids is 3. The fourth-order valence-electron chi connectivity index (χ4n) is 11.6. The Kier molecular flexibility index (Phi) is 22.4. The van der Waals surface area contributed by atoms with Gasteiger partial charge in [-0.1, -0.05) is 0 Å². The van der Waals surface area contributed by atoms with Crippen LogP contribution in [0.15, 0.2) is 48.8 Å². The lowest BCUT2D eigenvalue weighted by Crippen LogP contribution is -2.55. The molecule has 5 aliphatic heterocycles. The number of amides is 4. The summed E-state index contributed by atoms with van der Waals surface area (Å²) in [6.07, 6.45) is 2.96. The number of pyridine rings is 1. The lowest BCUT2D eigenvalue weighted by molar-refractivity contribution is -0.214. The first-order valence-electron chi connectivity index (χ1n) is 29.9. The van der Waals surface area contributed by atoms with E-state index in [0.717, 1.165) is 12.1 Å². The number of hydrogen-bond donors (Lipinski definition) is 4. The number of carbonyl (C=O) groups excluding carboxylic acids is 5. The first kappa shape index (κ1) is 66.2. The molecule has 0 radical (unpaired) electrons. The van der Waals surface area contributed by atoms with Crippen LogP contribution < -0.4 is 14.9 Å². The van der Waals surface area contributed by atoms with Gasteiger partial charge < -0.3 is 54.3 Å². The number of ether oxygens (including phenoxy) is 4. The zero-order chi connectivity index (χ0) is 64.1. The molecular formula is C60H75F2N11O17. The number of halogens is 2. The van der Waals surface area contributed by atoms with Crippen LogP contribution >= 0.6 is 0 Å². The number of nitrogens with zero attached hydrogens (tertiary/aromatic N) is 10. The topological polar surface area (TPSA) is 318 Å².